The molecule has 3 N–H and O–H groups in total. The number of anilines is 1. The molecule has 0 saturated carbocycles. The Labute approximate surface area is 242 Å². The number of halogens is 1. The summed E-state index contributed by atoms with van der Waals surface area (Å²) in [5, 5.41) is 33.8. The zero-order valence-electron chi connectivity index (χ0n) is 21.5. The molecule has 204 valence electrons. The number of benzene rings is 4. The van der Waals surface area contributed by atoms with Crippen molar-refractivity contribution in [1.29, 1.82) is 0 Å². The van der Waals surface area contributed by atoms with E-state index < -0.39 is 5.97 Å². The first-order chi connectivity index (χ1) is 19.9. The maximum atomic E-state index is 12.7. The fraction of sp³-hybridized carbons (Fsp3) is 0.0968. The average molecular weight is 611 g/mol. The highest BCUT2D eigenvalue weighted by Crippen LogP contribution is 2.42. The third-order valence-corrected chi connectivity index (χ3v) is 7.50. The second kappa shape index (κ2) is 10.9. The first kappa shape index (κ1) is 26.3. The highest BCUT2D eigenvalue weighted by atomic mass is 79.9. The van der Waals surface area contributed by atoms with Crippen LogP contribution in [0.3, 0.4) is 0 Å². The second-order valence-corrected chi connectivity index (χ2v) is 10.4. The van der Waals surface area contributed by atoms with Gasteiger partial charge in [0.05, 0.1) is 11.8 Å². The number of aryl methyl sites for hydroxylation is 1. The molecule has 0 atom stereocenters. The number of phenols is 1. The van der Waals surface area contributed by atoms with Crippen LogP contribution >= 0.6 is 15.9 Å². The van der Waals surface area contributed by atoms with Crippen molar-refractivity contribution < 1.29 is 24.2 Å². The molecule has 0 spiro atoms. The van der Waals surface area contributed by atoms with Crippen molar-refractivity contribution in [1.82, 2.24) is 15.0 Å². The Hall–Kier alpha value is -4.96. The predicted molar refractivity (Wildman–Crippen MR) is 159 cm³/mol. The van der Waals surface area contributed by atoms with E-state index in [0.29, 0.717) is 41.0 Å². The summed E-state index contributed by atoms with van der Waals surface area (Å²) in [6.07, 6.45) is 2.55. The van der Waals surface area contributed by atoms with Crippen molar-refractivity contribution in [2.24, 2.45) is 0 Å². The number of carboxylic acid groups (broad SMARTS) is 1. The molecular weight excluding hydrogens is 588 g/mol. The van der Waals surface area contributed by atoms with E-state index in [1.165, 1.54) is 12.1 Å². The molecule has 2 heterocycles. The van der Waals surface area contributed by atoms with Crippen molar-refractivity contribution in [2.75, 3.05) is 5.32 Å². The van der Waals surface area contributed by atoms with Gasteiger partial charge in [-0.3, -0.25) is 9.48 Å². The van der Waals surface area contributed by atoms with Crippen LogP contribution in [0.5, 0.6) is 5.75 Å². The lowest BCUT2D eigenvalue weighted by molar-refractivity contribution is -0.116. The van der Waals surface area contributed by atoms with Gasteiger partial charge >= 0.3 is 5.97 Å². The summed E-state index contributed by atoms with van der Waals surface area (Å²) in [6, 6.07) is 23.7. The Bertz CT molecular complexity index is 1930. The second-order valence-electron chi connectivity index (χ2n) is 9.50. The monoisotopic (exact) mass is 610 g/mol. The first-order valence-corrected chi connectivity index (χ1v) is 13.6. The first-order valence-electron chi connectivity index (χ1n) is 12.8. The van der Waals surface area contributed by atoms with Gasteiger partial charge in [-0.2, -0.15) is 0 Å². The Morgan fingerprint density at radius 2 is 1.71 bits per heavy atom. The number of carbonyl (C=O) groups excluding carboxylic acids is 1. The number of aromatic nitrogens is 3. The van der Waals surface area contributed by atoms with Gasteiger partial charge in [0.25, 0.3) is 0 Å². The highest BCUT2D eigenvalue weighted by molar-refractivity contribution is 9.10. The molecule has 10 heteroatoms. The SMILES string of the molecule is O=C(CCCn1cc(-c2c(-c3ccccc3)oc3cc(O)c(C(=O)O)cc23)nn1)Nc1ccc(Br)c2ccccc12. The molecular formula is C31H23BrN4O5. The van der Waals surface area contributed by atoms with Crippen molar-refractivity contribution >= 4 is 55.2 Å². The van der Waals surface area contributed by atoms with Crippen LogP contribution in [0.2, 0.25) is 0 Å². The molecule has 0 bridgehead atoms. The largest absolute Gasteiger partial charge is 0.507 e. The van der Waals surface area contributed by atoms with Crippen LogP contribution in [0.4, 0.5) is 5.69 Å². The fourth-order valence-corrected chi connectivity index (χ4v) is 5.34. The number of aromatic carboxylic acids is 1. The molecule has 0 radical (unpaired) electrons. The average Bonchev–Trinajstić information content (AvgIpc) is 3.58. The number of aromatic hydroxyl groups is 1. The Kier molecular flexibility index (Phi) is 6.98. The molecule has 0 aliphatic heterocycles. The third-order valence-electron chi connectivity index (χ3n) is 6.80. The number of rotatable bonds is 8. The minimum absolute atomic E-state index is 0.106. The molecule has 0 fully saturated rings. The lowest BCUT2D eigenvalue weighted by atomic mass is 10.0. The van der Waals surface area contributed by atoms with Gasteiger partial charge in [-0.25, -0.2) is 4.79 Å². The van der Waals surface area contributed by atoms with Crippen LogP contribution in [0, 0.1) is 0 Å². The molecule has 0 aliphatic carbocycles. The Morgan fingerprint density at radius 3 is 2.49 bits per heavy atom. The summed E-state index contributed by atoms with van der Waals surface area (Å²) >= 11 is 3.55. The number of hydrogen-bond acceptors (Lipinski definition) is 6. The minimum atomic E-state index is -1.25. The van der Waals surface area contributed by atoms with Crippen molar-refractivity contribution in [3.8, 4) is 28.3 Å². The number of fused-ring (bicyclic) bond motifs is 2. The maximum absolute atomic E-state index is 12.7. The van der Waals surface area contributed by atoms with Gasteiger partial charge in [0, 0.05) is 45.5 Å². The molecule has 0 unspecified atom stereocenters. The summed E-state index contributed by atoms with van der Waals surface area (Å²) in [7, 11) is 0. The maximum Gasteiger partial charge on any atom is 0.339 e. The minimum Gasteiger partial charge on any atom is -0.507 e. The normalized spacial score (nSPS) is 11.2. The summed E-state index contributed by atoms with van der Waals surface area (Å²) in [6.45, 7) is 0.444. The van der Waals surface area contributed by atoms with Crippen molar-refractivity contribution in [3.63, 3.8) is 0 Å². The molecule has 4 aromatic carbocycles. The van der Waals surface area contributed by atoms with Gasteiger partial charge in [-0.15, -0.1) is 5.10 Å². The Balaban J connectivity index is 1.23. The lowest BCUT2D eigenvalue weighted by Gasteiger charge is -2.10. The van der Waals surface area contributed by atoms with Crippen LogP contribution in [-0.4, -0.2) is 37.1 Å². The van der Waals surface area contributed by atoms with E-state index in [1.807, 2.05) is 66.7 Å². The van der Waals surface area contributed by atoms with Crippen LogP contribution in [0.15, 0.2) is 93.9 Å². The molecule has 0 aliphatic rings. The summed E-state index contributed by atoms with van der Waals surface area (Å²) in [5.74, 6) is -1.26. The van der Waals surface area contributed by atoms with Crippen molar-refractivity contribution in [3.05, 3.63) is 95.1 Å². The third kappa shape index (κ3) is 5.17. The number of nitrogens with zero attached hydrogens (tertiary/aromatic N) is 3. The zero-order chi connectivity index (χ0) is 28.5. The van der Waals surface area contributed by atoms with Gasteiger partial charge in [0.2, 0.25) is 5.91 Å². The van der Waals surface area contributed by atoms with Gasteiger partial charge in [0.15, 0.2) is 0 Å². The van der Waals surface area contributed by atoms with Crippen molar-refractivity contribution in [2.45, 2.75) is 19.4 Å². The molecule has 1 amide bonds. The van der Waals surface area contributed by atoms with Crippen LogP contribution in [0.1, 0.15) is 23.2 Å². The number of carbonyl (C=O) groups is 2. The fourth-order valence-electron chi connectivity index (χ4n) is 4.86. The lowest BCUT2D eigenvalue weighted by Crippen LogP contribution is -2.13. The van der Waals surface area contributed by atoms with E-state index >= 15 is 0 Å². The van der Waals surface area contributed by atoms with Gasteiger partial charge in [-0.1, -0.05) is 75.7 Å². The number of furan rings is 1. The summed E-state index contributed by atoms with van der Waals surface area (Å²) < 4.78 is 8.69. The molecule has 6 aromatic rings. The van der Waals surface area contributed by atoms with Crippen LogP contribution in [0.25, 0.3) is 44.3 Å². The smallest absolute Gasteiger partial charge is 0.339 e. The zero-order valence-corrected chi connectivity index (χ0v) is 23.1. The topological polar surface area (TPSA) is 130 Å². The van der Waals surface area contributed by atoms with E-state index in [1.54, 1.807) is 10.9 Å². The van der Waals surface area contributed by atoms with E-state index in [4.69, 9.17) is 4.42 Å². The van der Waals surface area contributed by atoms with E-state index in [-0.39, 0.29) is 23.6 Å². The van der Waals surface area contributed by atoms with Gasteiger partial charge < -0.3 is 19.9 Å². The van der Waals surface area contributed by atoms with Gasteiger partial charge in [-0.05, 0) is 30.0 Å². The Morgan fingerprint density at radius 1 is 0.951 bits per heavy atom. The number of hydrogen-bond donors (Lipinski definition) is 3. The molecule has 41 heavy (non-hydrogen) atoms. The van der Waals surface area contributed by atoms with E-state index in [0.717, 1.165) is 26.5 Å². The number of nitrogens with one attached hydrogen (secondary N) is 1. The number of carboxylic acids is 1. The molecule has 6 rings (SSSR count). The highest BCUT2D eigenvalue weighted by Gasteiger charge is 2.23. The molecule has 0 saturated heterocycles. The van der Waals surface area contributed by atoms with Crippen LogP contribution < -0.4 is 5.32 Å². The molecule has 2 aromatic heterocycles. The van der Waals surface area contributed by atoms with Crippen LogP contribution in [-0.2, 0) is 11.3 Å². The standard InChI is InChI=1S/C31H23BrN4O5/c32-23-12-13-24(20-10-5-4-9-19(20)23)33-28(38)11-6-14-36-17-25(34-35-36)29-22-15-21(31(39)40)26(37)16-27(22)41-30(29)18-7-2-1-3-8-18/h1-5,7-10,12-13,15-17,37H,6,11,14H2,(H,33,38)(H,39,40). The van der Waals surface area contributed by atoms with E-state index in [2.05, 4.69) is 31.6 Å². The predicted octanol–water partition coefficient (Wildman–Crippen LogP) is 7.10. The van der Waals surface area contributed by atoms with Gasteiger partial charge in [0.1, 0.15) is 28.4 Å². The summed E-state index contributed by atoms with van der Waals surface area (Å²) in [5.41, 5.74) is 2.66. The number of amides is 1. The quantitative estimate of drug-likeness (QED) is 0.167. The van der Waals surface area contributed by atoms with E-state index in [9.17, 15) is 19.8 Å². The summed E-state index contributed by atoms with van der Waals surface area (Å²) in [4.78, 5) is 24.4. The molecule has 9 nitrogen and oxygen atoms in total.